The van der Waals surface area contributed by atoms with Crippen LogP contribution in [-0.2, 0) is 0 Å². The Morgan fingerprint density at radius 2 is 1.53 bits per heavy atom. The maximum atomic E-state index is 13.0. The van der Waals surface area contributed by atoms with Crippen LogP contribution in [0.15, 0.2) is 6.07 Å². The van der Waals surface area contributed by atoms with Crippen LogP contribution in [0.2, 0.25) is 0 Å². The van der Waals surface area contributed by atoms with E-state index in [-0.39, 0.29) is 0 Å². The normalized spacial score (nSPS) is 10.2. The summed E-state index contributed by atoms with van der Waals surface area (Å²) in [6, 6.07) is 0.309. The zero-order valence-corrected chi connectivity index (χ0v) is 8.30. The molecule has 1 rings (SSSR count). The van der Waals surface area contributed by atoms with Crippen LogP contribution in [0.4, 0.5) is 13.2 Å². The van der Waals surface area contributed by atoms with Gasteiger partial charge in [-0.25, -0.2) is 13.2 Å². The lowest BCUT2D eigenvalue weighted by atomic mass is 10.1. The first-order valence-electron chi connectivity index (χ1n) is 3.43. The van der Waals surface area contributed by atoms with E-state index in [2.05, 4.69) is 0 Å². The predicted molar refractivity (Wildman–Crippen MR) is 46.7 cm³/mol. The minimum absolute atomic E-state index is 0.309. The van der Waals surface area contributed by atoms with Gasteiger partial charge in [-0.1, -0.05) is 0 Å². The van der Waals surface area contributed by atoms with Gasteiger partial charge >= 0.3 is 0 Å². The first-order valence-corrected chi connectivity index (χ1v) is 4.19. The molecule has 0 aliphatic rings. The number of hydrogen-bond donors (Lipinski definition) is 0. The molecule has 0 aliphatic carbocycles. The molecule has 15 heavy (non-hydrogen) atoms. The van der Waals surface area contributed by atoms with Crippen LogP contribution in [0.3, 0.4) is 0 Å². The van der Waals surface area contributed by atoms with Crippen molar-refractivity contribution < 1.29 is 22.8 Å². The molecule has 0 aliphatic heterocycles. The first kappa shape index (κ1) is 12.0. The molecule has 0 atom stereocenters. The van der Waals surface area contributed by atoms with Crippen LogP contribution in [0.25, 0.3) is 0 Å². The highest BCUT2D eigenvalue weighted by Crippen LogP contribution is 2.22. The molecular formula is C8HCl2F3O2. The molecule has 80 valence electrons. The van der Waals surface area contributed by atoms with Crippen molar-refractivity contribution in [3.05, 3.63) is 34.6 Å². The van der Waals surface area contributed by atoms with E-state index in [4.69, 9.17) is 23.2 Å². The average molecular weight is 257 g/mol. The molecule has 0 saturated carbocycles. The fourth-order valence-corrected chi connectivity index (χ4v) is 1.23. The Balaban J connectivity index is 3.58. The average Bonchev–Trinajstić information content (AvgIpc) is 2.10. The number of benzene rings is 1. The van der Waals surface area contributed by atoms with Crippen molar-refractivity contribution in [2.24, 2.45) is 0 Å². The molecule has 1 aromatic rings. The van der Waals surface area contributed by atoms with Crippen molar-refractivity contribution in [3.8, 4) is 0 Å². The summed E-state index contributed by atoms with van der Waals surface area (Å²) in [7, 11) is 0. The van der Waals surface area contributed by atoms with Gasteiger partial charge in [-0.2, -0.15) is 0 Å². The van der Waals surface area contributed by atoms with Gasteiger partial charge in [0.2, 0.25) is 0 Å². The molecule has 0 N–H and O–H groups in total. The molecule has 2 nitrogen and oxygen atoms in total. The molecular weight excluding hydrogens is 256 g/mol. The second-order valence-electron chi connectivity index (χ2n) is 2.46. The smallest absolute Gasteiger partial charge is 0.258 e. The monoisotopic (exact) mass is 256 g/mol. The minimum atomic E-state index is -1.83. The SMILES string of the molecule is O=C(Cl)c1cc(F)c(C(=O)Cl)c(F)c1F. The zero-order valence-electron chi connectivity index (χ0n) is 6.78. The Bertz CT molecular complexity index is 460. The molecule has 1 aromatic carbocycles. The largest absolute Gasteiger partial charge is 0.275 e. The van der Waals surface area contributed by atoms with E-state index in [9.17, 15) is 22.8 Å². The summed E-state index contributed by atoms with van der Waals surface area (Å²) < 4.78 is 39.0. The van der Waals surface area contributed by atoms with Gasteiger partial charge in [-0.3, -0.25) is 9.59 Å². The van der Waals surface area contributed by atoms with Crippen LogP contribution in [0, 0.1) is 17.5 Å². The van der Waals surface area contributed by atoms with E-state index >= 15 is 0 Å². The van der Waals surface area contributed by atoms with Gasteiger partial charge in [0, 0.05) is 0 Å². The van der Waals surface area contributed by atoms with E-state index in [1.54, 1.807) is 0 Å². The second-order valence-corrected chi connectivity index (χ2v) is 3.14. The van der Waals surface area contributed by atoms with Crippen molar-refractivity contribution in [1.29, 1.82) is 0 Å². The highest BCUT2D eigenvalue weighted by molar-refractivity contribution is 6.68. The van der Waals surface area contributed by atoms with Gasteiger partial charge in [0.05, 0.1) is 5.56 Å². The lowest BCUT2D eigenvalue weighted by Crippen LogP contribution is -2.07. The van der Waals surface area contributed by atoms with Gasteiger partial charge in [0.15, 0.2) is 11.6 Å². The molecule has 0 radical (unpaired) electrons. The molecule has 0 bridgehead atoms. The van der Waals surface area contributed by atoms with E-state index in [1.165, 1.54) is 0 Å². The quantitative estimate of drug-likeness (QED) is 0.603. The molecule has 0 amide bonds. The van der Waals surface area contributed by atoms with Gasteiger partial charge < -0.3 is 0 Å². The van der Waals surface area contributed by atoms with Crippen LogP contribution in [-0.4, -0.2) is 10.5 Å². The lowest BCUT2D eigenvalue weighted by Gasteiger charge is -2.03. The Kier molecular flexibility index (Phi) is 3.36. The van der Waals surface area contributed by atoms with Gasteiger partial charge in [0.25, 0.3) is 10.5 Å². The molecule has 0 aromatic heterocycles. The highest BCUT2D eigenvalue weighted by atomic mass is 35.5. The van der Waals surface area contributed by atoms with Crippen molar-refractivity contribution in [1.82, 2.24) is 0 Å². The minimum Gasteiger partial charge on any atom is -0.275 e. The van der Waals surface area contributed by atoms with Crippen molar-refractivity contribution in [2.75, 3.05) is 0 Å². The molecule has 7 heteroatoms. The van der Waals surface area contributed by atoms with E-state index < -0.39 is 39.1 Å². The summed E-state index contributed by atoms with van der Waals surface area (Å²) >= 11 is 9.67. The van der Waals surface area contributed by atoms with Gasteiger partial charge in [-0.15, -0.1) is 0 Å². The predicted octanol–water partition coefficient (Wildman–Crippen LogP) is 2.86. The summed E-state index contributed by atoms with van der Waals surface area (Å²) in [5.74, 6) is -4.99. The number of rotatable bonds is 2. The lowest BCUT2D eigenvalue weighted by molar-refractivity contribution is 0.105. The van der Waals surface area contributed by atoms with E-state index in [1.807, 2.05) is 0 Å². The van der Waals surface area contributed by atoms with Crippen LogP contribution >= 0.6 is 23.2 Å². The van der Waals surface area contributed by atoms with Crippen LogP contribution in [0.1, 0.15) is 20.7 Å². The first-order chi connectivity index (χ1) is 6.86. The van der Waals surface area contributed by atoms with Gasteiger partial charge in [0.1, 0.15) is 11.4 Å². The fraction of sp³-hybridized carbons (Fsp3) is 0. The second kappa shape index (κ2) is 4.20. The van der Waals surface area contributed by atoms with E-state index in [0.717, 1.165) is 0 Å². The number of hydrogen-bond acceptors (Lipinski definition) is 2. The molecule has 0 unspecified atom stereocenters. The Hall–Kier alpha value is -1.07. The summed E-state index contributed by atoms with van der Waals surface area (Å²) in [5, 5.41) is -2.88. The Labute approximate surface area is 91.6 Å². The topological polar surface area (TPSA) is 34.1 Å². The van der Waals surface area contributed by atoms with Gasteiger partial charge in [-0.05, 0) is 29.3 Å². The summed E-state index contributed by atoms with van der Waals surface area (Å²) in [5.41, 5.74) is -2.25. The summed E-state index contributed by atoms with van der Waals surface area (Å²) in [6.45, 7) is 0. The molecule has 0 heterocycles. The molecule has 0 spiro atoms. The molecule has 0 fully saturated rings. The number of carbonyl (C=O) groups excluding carboxylic acids is 2. The summed E-state index contributed by atoms with van der Waals surface area (Å²) in [6.07, 6.45) is 0. The third-order valence-corrected chi connectivity index (χ3v) is 1.96. The maximum absolute atomic E-state index is 13.0. The third kappa shape index (κ3) is 2.13. The number of carbonyl (C=O) groups is 2. The van der Waals surface area contributed by atoms with Crippen molar-refractivity contribution in [2.45, 2.75) is 0 Å². The summed E-state index contributed by atoms with van der Waals surface area (Å²) in [4.78, 5) is 21.0. The van der Waals surface area contributed by atoms with E-state index in [0.29, 0.717) is 6.07 Å². The maximum Gasteiger partial charge on any atom is 0.258 e. The Morgan fingerprint density at radius 3 is 1.93 bits per heavy atom. The number of halogens is 5. The Morgan fingerprint density at radius 1 is 1.00 bits per heavy atom. The van der Waals surface area contributed by atoms with Crippen LogP contribution < -0.4 is 0 Å². The highest BCUT2D eigenvalue weighted by Gasteiger charge is 2.24. The molecule has 0 saturated heterocycles. The van der Waals surface area contributed by atoms with Crippen molar-refractivity contribution >= 4 is 33.7 Å². The van der Waals surface area contributed by atoms with Crippen molar-refractivity contribution in [3.63, 3.8) is 0 Å². The zero-order chi connectivity index (χ0) is 11.7. The van der Waals surface area contributed by atoms with Crippen LogP contribution in [0.5, 0.6) is 0 Å². The standard InChI is InChI=1S/C8HCl2F3O2/c9-7(14)2-1-3(11)4(8(10)15)6(13)5(2)12/h1H. The third-order valence-electron chi connectivity index (χ3n) is 1.57. The fourth-order valence-electron chi connectivity index (χ4n) is 0.918.